The summed E-state index contributed by atoms with van der Waals surface area (Å²) >= 11 is 0. The van der Waals surface area contributed by atoms with Crippen LogP contribution in [0.1, 0.15) is 12.8 Å². The van der Waals surface area contributed by atoms with Crippen LogP contribution in [-0.4, -0.2) is 76.7 Å². The Kier molecular flexibility index (Phi) is 5.24. The first-order valence-electron chi connectivity index (χ1n) is 8.43. The number of piperidine rings is 1. The van der Waals surface area contributed by atoms with E-state index in [4.69, 9.17) is 0 Å². The quantitative estimate of drug-likeness (QED) is 0.774. The molecule has 0 saturated carbocycles. The zero-order valence-corrected chi connectivity index (χ0v) is 14.7. The Hall–Kier alpha value is -2.22. The van der Waals surface area contributed by atoms with Gasteiger partial charge in [-0.1, -0.05) is 5.21 Å². The molecule has 0 aromatic carbocycles. The molecule has 1 aliphatic heterocycles. The number of likely N-dealkylation sites (tertiary alicyclic amines) is 1. The van der Waals surface area contributed by atoms with E-state index in [1.807, 2.05) is 42.1 Å². The van der Waals surface area contributed by atoms with Crippen molar-refractivity contribution in [3.8, 4) is 0 Å². The Balaban J connectivity index is 1.60. The van der Waals surface area contributed by atoms with Gasteiger partial charge in [-0.3, -0.25) is 9.58 Å². The molecule has 3 rings (SSSR count). The van der Waals surface area contributed by atoms with Crippen LogP contribution in [-0.2, 0) is 6.54 Å². The molecule has 1 aliphatic rings. The Morgan fingerprint density at radius 1 is 1.21 bits per heavy atom. The summed E-state index contributed by atoms with van der Waals surface area (Å²) in [6.07, 6.45) is 7.83. The molecule has 2 aromatic heterocycles. The third kappa shape index (κ3) is 4.00. The highest BCUT2D eigenvalue weighted by Gasteiger charge is 2.24. The van der Waals surface area contributed by atoms with E-state index in [1.54, 1.807) is 6.20 Å². The monoisotopic (exact) mass is 330 g/mol. The molecule has 0 aliphatic carbocycles. The van der Waals surface area contributed by atoms with Gasteiger partial charge in [-0.05, 0) is 25.5 Å². The number of likely N-dealkylation sites (N-methyl/N-ethyl adjacent to an activating group) is 1. The third-order valence-electron chi connectivity index (χ3n) is 4.55. The molecule has 8 heteroatoms. The molecule has 1 unspecified atom stereocenters. The lowest BCUT2D eigenvalue weighted by Crippen LogP contribution is -2.47. The van der Waals surface area contributed by atoms with Crippen LogP contribution in [0.4, 0.5) is 11.8 Å². The number of hydrogen-bond donors (Lipinski definition) is 0. The van der Waals surface area contributed by atoms with Crippen LogP contribution in [0.15, 0.2) is 24.7 Å². The van der Waals surface area contributed by atoms with Crippen LogP contribution < -0.4 is 9.80 Å². The van der Waals surface area contributed by atoms with Gasteiger partial charge in [0.2, 0.25) is 5.95 Å². The highest BCUT2D eigenvalue weighted by Crippen LogP contribution is 2.20. The fraction of sp³-hybridized carbons (Fsp3) is 0.625. The molecule has 2 aromatic rings. The van der Waals surface area contributed by atoms with Crippen molar-refractivity contribution in [2.45, 2.75) is 25.4 Å². The first-order valence-corrected chi connectivity index (χ1v) is 8.43. The molecular weight excluding hydrogens is 304 g/mol. The van der Waals surface area contributed by atoms with Gasteiger partial charge in [0.15, 0.2) is 0 Å². The molecule has 0 radical (unpaired) electrons. The van der Waals surface area contributed by atoms with Crippen molar-refractivity contribution in [2.24, 2.45) is 0 Å². The summed E-state index contributed by atoms with van der Waals surface area (Å²) in [5, 5.41) is 7.89. The second-order valence-electron chi connectivity index (χ2n) is 6.48. The van der Waals surface area contributed by atoms with E-state index < -0.39 is 0 Å². The van der Waals surface area contributed by atoms with Crippen LogP contribution in [0.5, 0.6) is 0 Å². The van der Waals surface area contributed by atoms with Crippen molar-refractivity contribution in [1.82, 2.24) is 29.9 Å². The molecular formula is C16H26N8. The smallest absolute Gasteiger partial charge is 0.227 e. The lowest BCUT2D eigenvalue weighted by molar-refractivity contribution is 0.196. The normalized spacial score (nSPS) is 18.5. The second-order valence-corrected chi connectivity index (χ2v) is 6.48. The van der Waals surface area contributed by atoms with Crippen molar-refractivity contribution in [3.05, 3.63) is 24.7 Å². The molecule has 3 heterocycles. The minimum Gasteiger partial charge on any atom is -0.363 e. The topological polar surface area (TPSA) is 66.2 Å². The van der Waals surface area contributed by atoms with E-state index in [0.29, 0.717) is 6.04 Å². The maximum atomic E-state index is 4.66. The molecule has 1 saturated heterocycles. The summed E-state index contributed by atoms with van der Waals surface area (Å²) in [7, 11) is 6.09. The van der Waals surface area contributed by atoms with Gasteiger partial charge in [0.1, 0.15) is 5.82 Å². The van der Waals surface area contributed by atoms with Gasteiger partial charge in [0.05, 0.1) is 12.7 Å². The fourth-order valence-electron chi connectivity index (χ4n) is 3.07. The minimum atomic E-state index is 0.437. The molecule has 1 atom stereocenters. The maximum absolute atomic E-state index is 4.66. The van der Waals surface area contributed by atoms with Crippen LogP contribution in [0.25, 0.3) is 0 Å². The van der Waals surface area contributed by atoms with E-state index in [-0.39, 0.29) is 0 Å². The lowest BCUT2D eigenvalue weighted by Gasteiger charge is -2.37. The lowest BCUT2D eigenvalue weighted by atomic mass is 10.0. The molecule has 24 heavy (non-hydrogen) atoms. The highest BCUT2D eigenvalue weighted by molar-refractivity contribution is 5.42. The van der Waals surface area contributed by atoms with Crippen LogP contribution in [0, 0.1) is 0 Å². The predicted octanol–water partition coefficient (Wildman–Crippen LogP) is 0.735. The van der Waals surface area contributed by atoms with E-state index in [9.17, 15) is 0 Å². The summed E-state index contributed by atoms with van der Waals surface area (Å²) in [5.74, 6) is 1.73. The van der Waals surface area contributed by atoms with Gasteiger partial charge >= 0.3 is 0 Å². The van der Waals surface area contributed by atoms with Gasteiger partial charge in [-0.2, -0.15) is 4.98 Å². The molecule has 0 N–H and O–H groups in total. The summed E-state index contributed by atoms with van der Waals surface area (Å²) in [6, 6.07) is 2.37. The summed E-state index contributed by atoms with van der Waals surface area (Å²) in [4.78, 5) is 15.8. The van der Waals surface area contributed by atoms with Crippen molar-refractivity contribution < 1.29 is 0 Å². The van der Waals surface area contributed by atoms with Crippen LogP contribution >= 0.6 is 0 Å². The Morgan fingerprint density at radius 2 is 2.08 bits per heavy atom. The van der Waals surface area contributed by atoms with Gasteiger partial charge in [-0.15, -0.1) is 5.10 Å². The van der Waals surface area contributed by atoms with Gasteiger partial charge in [0.25, 0.3) is 0 Å². The van der Waals surface area contributed by atoms with Crippen molar-refractivity contribution in [2.75, 3.05) is 50.6 Å². The standard InChI is InChI=1S/C16H26N8/c1-21(2)15-6-7-17-16(19-15)22(3)14-5-4-9-23(13-14)11-12-24-10-8-18-20-24/h6-8,10,14H,4-5,9,11-13H2,1-3H3. The van der Waals surface area contributed by atoms with E-state index in [1.165, 1.54) is 12.8 Å². The largest absolute Gasteiger partial charge is 0.363 e. The molecule has 0 bridgehead atoms. The zero-order valence-electron chi connectivity index (χ0n) is 14.7. The summed E-state index contributed by atoms with van der Waals surface area (Å²) < 4.78 is 1.89. The Morgan fingerprint density at radius 3 is 2.83 bits per heavy atom. The van der Waals surface area contributed by atoms with Gasteiger partial charge < -0.3 is 9.80 Å². The Bertz CT molecular complexity index is 627. The minimum absolute atomic E-state index is 0.437. The highest BCUT2D eigenvalue weighted by atomic mass is 15.4. The first-order chi connectivity index (χ1) is 11.6. The second kappa shape index (κ2) is 7.57. The predicted molar refractivity (Wildman–Crippen MR) is 94.2 cm³/mol. The number of anilines is 2. The molecule has 130 valence electrons. The van der Waals surface area contributed by atoms with Crippen LogP contribution in [0.3, 0.4) is 0 Å². The van der Waals surface area contributed by atoms with Crippen molar-refractivity contribution in [1.29, 1.82) is 0 Å². The number of nitrogens with zero attached hydrogens (tertiary/aromatic N) is 8. The number of rotatable bonds is 6. The average Bonchev–Trinajstić information content (AvgIpc) is 3.13. The maximum Gasteiger partial charge on any atom is 0.227 e. The zero-order chi connectivity index (χ0) is 16.9. The number of hydrogen-bond acceptors (Lipinski definition) is 7. The van der Waals surface area contributed by atoms with E-state index >= 15 is 0 Å². The first kappa shape index (κ1) is 16.6. The van der Waals surface area contributed by atoms with Crippen molar-refractivity contribution >= 4 is 11.8 Å². The molecule has 1 fully saturated rings. The summed E-state index contributed by atoms with van der Waals surface area (Å²) in [6.45, 7) is 4.04. The van der Waals surface area contributed by atoms with E-state index in [2.05, 4.69) is 37.1 Å². The van der Waals surface area contributed by atoms with Crippen molar-refractivity contribution in [3.63, 3.8) is 0 Å². The fourth-order valence-corrected chi connectivity index (χ4v) is 3.07. The van der Waals surface area contributed by atoms with E-state index in [0.717, 1.165) is 37.9 Å². The molecule has 0 spiro atoms. The Labute approximate surface area is 143 Å². The third-order valence-corrected chi connectivity index (χ3v) is 4.55. The average molecular weight is 330 g/mol. The summed E-state index contributed by atoms with van der Waals surface area (Å²) in [5.41, 5.74) is 0. The molecule has 0 amide bonds. The van der Waals surface area contributed by atoms with Gasteiger partial charge in [0, 0.05) is 52.7 Å². The van der Waals surface area contributed by atoms with Gasteiger partial charge in [-0.25, -0.2) is 4.98 Å². The SMILES string of the molecule is CN(C)c1ccnc(N(C)C2CCCN(CCn3ccnn3)C2)n1. The molecule has 8 nitrogen and oxygen atoms in total. The van der Waals surface area contributed by atoms with Crippen LogP contribution in [0.2, 0.25) is 0 Å². The number of aromatic nitrogens is 5.